The monoisotopic (exact) mass is 298 g/mol. The number of rotatable bonds is 2. The molecule has 1 nitrogen and oxygen atoms in total. The predicted octanol–water partition coefficient (Wildman–Crippen LogP) is 5.14. The fourth-order valence-corrected chi connectivity index (χ4v) is 3.83. The van der Waals surface area contributed by atoms with Gasteiger partial charge in [0.15, 0.2) is 0 Å². The summed E-state index contributed by atoms with van der Waals surface area (Å²) in [6.07, 6.45) is 3.89. The van der Waals surface area contributed by atoms with Crippen molar-refractivity contribution in [3.8, 4) is 0 Å². The van der Waals surface area contributed by atoms with Crippen molar-refractivity contribution in [1.29, 1.82) is 0 Å². The SMILES string of the molecule is C=Cc1ccc2cccc3c2c1/C(=C\C)C3(O)c1ccccc1. The van der Waals surface area contributed by atoms with Crippen molar-refractivity contribution in [3.63, 3.8) is 0 Å². The van der Waals surface area contributed by atoms with Gasteiger partial charge >= 0.3 is 0 Å². The molecule has 0 bridgehead atoms. The van der Waals surface area contributed by atoms with E-state index in [1.807, 2.05) is 61.5 Å². The van der Waals surface area contributed by atoms with Crippen LogP contribution in [0.2, 0.25) is 0 Å². The minimum atomic E-state index is -1.11. The molecule has 0 radical (unpaired) electrons. The second kappa shape index (κ2) is 4.94. The molecule has 0 saturated carbocycles. The van der Waals surface area contributed by atoms with E-state index in [1.165, 1.54) is 0 Å². The smallest absolute Gasteiger partial charge is 0.141 e. The zero-order valence-corrected chi connectivity index (χ0v) is 13.1. The zero-order valence-electron chi connectivity index (χ0n) is 13.1. The largest absolute Gasteiger partial charge is 0.376 e. The lowest BCUT2D eigenvalue weighted by molar-refractivity contribution is 0.150. The lowest BCUT2D eigenvalue weighted by atomic mass is 9.83. The van der Waals surface area contributed by atoms with Crippen LogP contribution in [0.1, 0.15) is 29.2 Å². The van der Waals surface area contributed by atoms with E-state index in [4.69, 9.17) is 0 Å². The van der Waals surface area contributed by atoms with Gasteiger partial charge in [0.05, 0.1) is 0 Å². The quantitative estimate of drug-likeness (QED) is 0.695. The lowest BCUT2D eigenvalue weighted by Gasteiger charge is -2.27. The van der Waals surface area contributed by atoms with Crippen LogP contribution in [0.5, 0.6) is 0 Å². The maximum atomic E-state index is 11.8. The Hall–Kier alpha value is -2.64. The van der Waals surface area contributed by atoms with Gasteiger partial charge in [-0.05, 0) is 40.0 Å². The molecular formula is C22H18O. The average Bonchev–Trinajstić information content (AvgIpc) is 2.88. The van der Waals surface area contributed by atoms with Gasteiger partial charge in [-0.2, -0.15) is 0 Å². The third kappa shape index (κ3) is 1.71. The van der Waals surface area contributed by atoms with E-state index in [1.54, 1.807) is 0 Å². The van der Waals surface area contributed by atoms with Gasteiger partial charge in [0.2, 0.25) is 0 Å². The van der Waals surface area contributed by atoms with Crippen LogP contribution < -0.4 is 0 Å². The Labute approximate surface area is 136 Å². The molecule has 23 heavy (non-hydrogen) atoms. The predicted molar refractivity (Wildman–Crippen MR) is 97.1 cm³/mol. The topological polar surface area (TPSA) is 20.2 Å². The summed E-state index contributed by atoms with van der Waals surface area (Å²) in [5, 5.41) is 14.1. The third-order valence-electron chi connectivity index (χ3n) is 4.83. The van der Waals surface area contributed by atoms with Gasteiger partial charge in [0.25, 0.3) is 0 Å². The van der Waals surface area contributed by atoms with Crippen LogP contribution in [-0.2, 0) is 5.60 Å². The molecule has 0 heterocycles. The van der Waals surface area contributed by atoms with E-state index in [9.17, 15) is 5.11 Å². The Morgan fingerprint density at radius 1 is 0.957 bits per heavy atom. The van der Waals surface area contributed by atoms with Gasteiger partial charge in [0, 0.05) is 5.56 Å². The first-order valence-electron chi connectivity index (χ1n) is 7.85. The molecule has 0 fully saturated rings. The van der Waals surface area contributed by atoms with E-state index in [-0.39, 0.29) is 0 Å². The van der Waals surface area contributed by atoms with Crippen LogP contribution in [-0.4, -0.2) is 5.11 Å². The van der Waals surface area contributed by atoms with Crippen molar-refractivity contribution in [1.82, 2.24) is 0 Å². The Morgan fingerprint density at radius 2 is 1.74 bits per heavy atom. The molecule has 0 aromatic heterocycles. The fraction of sp³-hybridized carbons (Fsp3) is 0.0909. The molecule has 1 atom stereocenters. The average molecular weight is 298 g/mol. The molecule has 3 aromatic carbocycles. The summed E-state index contributed by atoms with van der Waals surface area (Å²) in [5.41, 5.74) is 3.83. The molecule has 1 aliphatic carbocycles. The first-order chi connectivity index (χ1) is 11.2. The molecule has 4 rings (SSSR count). The van der Waals surface area contributed by atoms with Crippen LogP contribution in [0.3, 0.4) is 0 Å². The van der Waals surface area contributed by atoms with Gasteiger partial charge in [-0.25, -0.2) is 0 Å². The van der Waals surface area contributed by atoms with Crippen molar-refractivity contribution in [2.24, 2.45) is 0 Å². The number of benzene rings is 3. The van der Waals surface area contributed by atoms with Crippen molar-refractivity contribution in [2.75, 3.05) is 0 Å². The van der Waals surface area contributed by atoms with E-state index < -0.39 is 5.60 Å². The Morgan fingerprint density at radius 3 is 2.43 bits per heavy atom. The highest BCUT2D eigenvalue weighted by Crippen LogP contribution is 2.53. The summed E-state index contributed by atoms with van der Waals surface area (Å²) in [5.74, 6) is 0. The van der Waals surface area contributed by atoms with E-state index in [2.05, 4.69) is 24.8 Å². The number of hydrogen-bond donors (Lipinski definition) is 1. The van der Waals surface area contributed by atoms with Gasteiger partial charge in [0.1, 0.15) is 5.60 Å². The maximum absolute atomic E-state index is 11.8. The van der Waals surface area contributed by atoms with Crippen LogP contribution in [0.4, 0.5) is 0 Å². The number of hydrogen-bond acceptors (Lipinski definition) is 1. The molecule has 1 aliphatic rings. The molecule has 112 valence electrons. The lowest BCUT2D eigenvalue weighted by Crippen LogP contribution is -2.25. The third-order valence-corrected chi connectivity index (χ3v) is 4.83. The summed E-state index contributed by atoms with van der Waals surface area (Å²) >= 11 is 0. The molecule has 1 N–H and O–H groups in total. The maximum Gasteiger partial charge on any atom is 0.141 e. The second-order valence-electron chi connectivity index (χ2n) is 5.92. The molecule has 0 amide bonds. The van der Waals surface area contributed by atoms with Crippen molar-refractivity contribution in [2.45, 2.75) is 12.5 Å². The van der Waals surface area contributed by atoms with Gasteiger partial charge < -0.3 is 5.11 Å². The second-order valence-corrected chi connectivity index (χ2v) is 5.92. The van der Waals surface area contributed by atoms with E-state index in [0.29, 0.717) is 0 Å². The summed E-state index contributed by atoms with van der Waals surface area (Å²) in [6.45, 7) is 5.94. The Balaban J connectivity index is 2.18. The molecular weight excluding hydrogens is 280 g/mol. The minimum Gasteiger partial charge on any atom is -0.376 e. The van der Waals surface area contributed by atoms with Crippen LogP contribution in [0.25, 0.3) is 22.4 Å². The van der Waals surface area contributed by atoms with Gasteiger partial charge in [-0.1, -0.05) is 79.4 Å². The highest BCUT2D eigenvalue weighted by atomic mass is 16.3. The first-order valence-corrected chi connectivity index (χ1v) is 7.85. The number of allylic oxidation sites excluding steroid dienone is 1. The highest BCUT2D eigenvalue weighted by Gasteiger charge is 2.44. The van der Waals surface area contributed by atoms with Gasteiger partial charge in [-0.3, -0.25) is 0 Å². The molecule has 0 spiro atoms. The number of aliphatic hydroxyl groups is 1. The molecule has 0 saturated heterocycles. The normalized spacial score (nSPS) is 21.0. The van der Waals surface area contributed by atoms with Crippen LogP contribution in [0.15, 0.2) is 73.3 Å². The Bertz CT molecular complexity index is 950. The Kier molecular flexibility index (Phi) is 3.00. The molecule has 1 unspecified atom stereocenters. The van der Waals surface area contributed by atoms with E-state index >= 15 is 0 Å². The first kappa shape index (κ1) is 14.0. The van der Waals surface area contributed by atoms with E-state index in [0.717, 1.165) is 38.6 Å². The molecule has 3 aromatic rings. The van der Waals surface area contributed by atoms with Crippen LogP contribution in [0, 0.1) is 0 Å². The summed E-state index contributed by atoms with van der Waals surface area (Å²) in [4.78, 5) is 0. The molecule has 0 aliphatic heterocycles. The zero-order chi connectivity index (χ0) is 16.0. The minimum absolute atomic E-state index is 0.895. The summed E-state index contributed by atoms with van der Waals surface area (Å²) in [7, 11) is 0. The standard InChI is InChI=1S/C22H18O/c1-3-15-13-14-16-9-8-12-19-21(16)20(15)18(4-2)22(19,23)17-10-6-5-7-11-17/h3-14,23H,1H2,2H3/b18-4+. The fourth-order valence-electron chi connectivity index (χ4n) is 3.83. The highest BCUT2D eigenvalue weighted by molar-refractivity contribution is 6.08. The van der Waals surface area contributed by atoms with Crippen molar-refractivity contribution in [3.05, 3.63) is 95.6 Å². The molecule has 1 heteroatoms. The van der Waals surface area contributed by atoms with Crippen LogP contribution >= 0.6 is 0 Å². The summed E-state index contributed by atoms with van der Waals surface area (Å²) in [6, 6.07) is 20.2. The van der Waals surface area contributed by atoms with Gasteiger partial charge in [-0.15, -0.1) is 0 Å². The van der Waals surface area contributed by atoms with Crippen molar-refractivity contribution >= 4 is 22.4 Å². The summed E-state index contributed by atoms with van der Waals surface area (Å²) < 4.78 is 0. The van der Waals surface area contributed by atoms with Crippen molar-refractivity contribution < 1.29 is 5.11 Å².